The first-order valence-electron chi connectivity index (χ1n) is 14.8. The molecule has 0 spiro atoms. The molecule has 2 aliphatic rings. The minimum atomic E-state index is -3.32. The molecule has 42 heavy (non-hydrogen) atoms. The molecule has 1 atom stereocenters. The summed E-state index contributed by atoms with van der Waals surface area (Å²) in [5.41, 5.74) is 0.740. The SMILES string of the molecule is COc1ccc2c(C(=O)C(=O)N(CC(=O)NCCS(C)(=O)=O)[C@@H](C(=O)NC3CCCCC3)C3CCCCC3)c[nH]c2c1. The number of fused-ring (bicyclic) bond motifs is 1. The Hall–Kier alpha value is -3.41. The van der Waals surface area contributed by atoms with Gasteiger partial charge in [-0.05, 0) is 43.7 Å². The minimum Gasteiger partial charge on any atom is -0.497 e. The number of ether oxygens (including phenoxy) is 1. The van der Waals surface area contributed by atoms with Crippen molar-refractivity contribution >= 4 is 44.2 Å². The van der Waals surface area contributed by atoms with E-state index in [2.05, 4.69) is 15.6 Å². The van der Waals surface area contributed by atoms with Crippen LogP contribution < -0.4 is 15.4 Å². The van der Waals surface area contributed by atoms with E-state index in [1.807, 2.05) is 0 Å². The Morgan fingerprint density at radius 3 is 2.33 bits per heavy atom. The van der Waals surface area contributed by atoms with E-state index in [1.54, 1.807) is 18.2 Å². The third kappa shape index (κ3) is 8.11. The standard InChI is InChI=1S/C30H42N4O7S/c1-41-22-13-14-23-24(18-32-25(23)17-22)28(36)30(38)34(19-26(35)31-15-16-42(2,39)40)27(20-9-5-3-6-10-20)29(37)33-21-11-7-4-8-12-21/h13-14,17-18,20-21,27,32H,3-12,15-16,19H2,1-2H3,(H,31,35)(H,33,37)/t27-/m1/s1. The fourth-order valence-corrected chi connectivity index (χ4v) is 6.62. The zero-order chi connectivity index (χ0) is 30.3. The third-order valence-electron chi connectivity index (χ3n) is 8.35. The van der Waals surface area contributed by atoms with Gasteiger partial charge in [0, 0.05) is 42.0 Å². The Bertz CT molecular complexity index is 1390. The van der Waals surface area contributed by atoms with Crippen LogP contribution in [0.4, 0.5) is 0 Å². The molecule has 3 amide bonds. The van der Waals surface area contributed by atoms with Crippen LogP contribution in [0.2, 0.25) is 0 Å². The summed E-state index contributed by atoms with van der Waals surface area (Å²) in [5, 5.41) is 6.19. The van der Waals surface area contributed by atoms with Crippen molar-refractivity contribution in [2.24, 2.45) is 5.92 Å². The van der Waals surface area contributed by atoms with Crippen LogP contribution in [0.25, 0.3) is 10.9 Å². The van der Waals surface area contributed by atoms with Gasteiger partial charge in [-0.15, -0.1) is 0 Å². The molecule has 0 unspecified atom stereocenters. The molecule has 2 aromatic rings. The van der Waals surface area contributed by atoms with Gasteiger partial charge in [0.2, 0.25) is 11.8 Å². The largest absolute Gasteiger partial charge is 0.497 e. The van der Waals surface area contributed by atoms with Crippen molar-refractivity contribution in [3.63, 3.8) is 0 Å². The number of Topliss-reactive ketones (excluding diaryl/α,β-unsaturated/α-hetero) is 1. The van der Waals surface area contributed by atoms with Gasteiger partial charge in [0.05, 0.1) is 18.4 Å². The normalized spacial score (nSPS) is 17.4. The van der Waals surface area contributed by atoms with E-state index < -0.39 is 40.0 Å². The van der Waals surface area contributed by atoms with E-state index >= 15 is 0 Å². The highest BCUT2D eigenvalue weighted by atomic mass is 32.2. The van der Waals surface area contributed by atoms with Crippen molar-refractivity contribution < 1.29 is 32.3 Å². The summed E-state index contributed by atoms with van der Waals surface area (Å²) in [6, 6.07) is 4.06. The van der Waals surface area contributed by atoms with Gasteiger partial charge in [-0.3, -0.25) is 19.2 Å². The monoisotopic (exact) mass is 602 g/mol. The number of carbonyl (C=O) groups excluding carboxylic acids is 4. The molecule has 4 rings (SSSR count). The van der Waals surface area contributed by atoms with Crippen LogP contribution in [0.3, 0.4) is 0 Å². The second-order valence-corrected chi connectivity index (χ2v) is 13.8. The summed E-state index contributed by atoms with van der Waals surface area (Å²) in [4.78, 5) is 58.9. The number of ketones is 1. The van der Waals surface area contributed by atoms with Crippen LogP contribution in [0, 0.1) is 5.92 Å². The van der Waals surface area contributed by atoms with Gasteiger partial charge in [0.15, 0.2) is 0 Å². The summed E-state index contributed by atoms with van der Waals surface area (Å²) in [5.74, 6) is -2.65. The smallest absolute Gasteiger partial charge is 0.296 e. The van der Waals surface area contributed by atoms with Crippen molar-refractivity contribution in [3.05, 3.63) is 30.0 Å². The van der Waals surface area contributed by atoms with Crippen LogP contribution in [0.1, 0.15) is 74.6 Å². The average molecular weight is 603 g/mol. The molecule has 1 aromatic heterocycles. The van der Waals surface area contributed by atoms with Crippen molar-refractivity contribution in [2.75, 3.05) is 32.2 Å². The van der Waals surface area contributed by atoms with Crippen molar-refractivity contribution in [2.45, 2.75) is 76.3 Å². The van der Waals surface area contributed by atoms with E-state index in [0.717, 1.165) is 62.5 Å². The maximum absolute atomic E-state index is 14.0. The molecule has 11 nitrogen and oxygen atoms in total. The number of nitrogens with one attached hydrogen (secondary N) is 3. The average Bonchev–Trinajstić information content (AvgIpc) is 3.39. The van der Waals surface area contributed by atoms with Crippen LogP contribution in [0.5, 0.6) is 5.75 Å². The number of nitrogens with zero attached hydrogens (tertiary/aromatic N) is 1. The number of aromatic amines is 1. The zero-order valence-electron chi connectivity index (χ0n) is 24.4. The lowest BCUT2D eigenvalue weighted by molar-refractivity contribution is -0.143. The molecule has 12 heteroatoms. The predicted octanol–water partition coefficient (Wildman–Crippen LogP) is 2.75. The first kappa shape index (κ1) is 31.5. The second kappa shape index (κ2) is 14.2. The number of hydrogen-bond donors (Lipinski definition) is 3. The minimum absolute atomic E-state index is 0.0165. The molecule has 2 saturated carbocycles. The molecular weight excluding hydrogens is 560 g/mol. The van der Waals surface area contributed by atoms with Crippen molar-refractivity contribution in [1.29, 1.82) is 0 Å². The highest BCUT2D eigenvalue weighted by Gasteiger charge is 2.41. The Morgan fingerprint density at radius 1 is 1.02 bits per heavy atom. The Labute approximate surface area is 247 Å². The second-order valence-electron chi connectivity index (χ2n) is 11.5. The summed E-state index contributed by atoms with van der Waals surface area (Å²) < 4.78 is 28.4. The molecule has 0 radical (unpaired) electrons. The van der Waals surface area contributed by atoms with Gasteiger partial charge in [0.25, 0.3) is 11.7 Å². The van der Waals surface area contributed by atoms with Crippen LogP contribution in [-0.2, 0) is 24.2 Å². The fraction of sp³-hybridized carbons (Fsp3) is 0.600. The molecule has 0 aliphatic heterocycles. The number of rotatable bonds is 12. The fourth-order valence-electron chi connectivity index (χ4n) is 6.14. The molecule has 230 valence electrons. The lowest BCUT2D eigenvalue weighted by Crippen LogP contribution is -2.59. The lowest BCUT2D eigenvalue weighted by Gasteiger charge is -2.38. The number of methoxy groups -OCH3 is 1. The molecule has 1 heterocycles. The van der Waals surface area contributed by atoms with Gasteiger partial charge >= 0.3 is 0 Å². The predicted molar refractivity (Wildman–Crippen MR) is 159 cm³/mol. The zero-order valence-corrected chi connectivity index (χ0v) is 25.3. The first-order valence-corrected chi connectivity index (χ1v) is 16.9. The number of sulfone groups is 1. The lowest BCUT2D eigenvalue weighted by atomic mass is 9.82. The van der Waals surface area contributed by atoms with Gasteiger partial charge in [-0.25, -0.2) is 8.42 Å². The highest BCUT2D eigenvalue weighted by Crippen LogP contribution is 2.31. The van der Waals surface area contributed by atoms with Gasteiger partial charge in [-0.1, -0.05) is 38.5 Å². The maximum Gasteiger partial charge on any atom is 0.296 e. The molecule has 2 fully saturated rings. The number of benzene rings is 1. The van der Waals surface area contributed by atoms with E-state index in [4.69, 9.17) is 4.74 Å². The highest BCUT2D eigenvalue weighted by molar-refractivity contribution is 7.90. The summed E-state index contributed by atoms with van der Waals surface area (Å²) >= 11 is 0. The van der Waals surface area contributed by atoms with Crippen molar-refractivity contribution in [1.82, 2.24) is 20.5 Å². The molecule has 2 aliphatic carbocycles. The number of H-pyrrole nitrogens is 1. The molecule has 1 aromatic carbocycles. The molecular formula is C30H42N4O7S. The Balaban J connectivity index is 1.65. The van der Waals surface area contributed by atoms with E-state index in [1.165, 1.54) is 13.3 Å². The van der Waals surface area contributed by atoms with Gasteiger partial charge in [-0.2, -0.15) is 0 Å². The number of carbonyl (C=O) groups is 4. The third-order valence-corrected chi connectivity index (χ3v) is 9.30. The number of aromatic nitrogens is 1. The quantitative estimate of drug-likeness (QED) is 0.249. The van der Waals surface area contributed by atoms with Gasteiger partial charge < -0.3 is 25.3 Å². The van der Waals surface area contributed by atoms with Crippen LogP contribution in [0.15, 0.2) is 24.4 Å². The first-order chi connectivity index (χ1) is 20.1. The van der Waals surface area contributed by atoms with E-state index in [-0.39, 0.29) is 35.7 Å². The topological polar surface area (TPSA) is 155 Å². The summed E-state index contributed by atoms with van der Waals surface area (Å²) in [7, 11) is -1.79. The Morgan fingerprint density at radius 2 is 1.69 bits per heavy atom. The molecule has 0 saturated heterocycles. The maximum atomic E-state index is 14.0. The van der Waals surface area contributed by atoms with Gasteiger partial charge in [0.1, 0.15) is 28.2 Å². The molecule has 3 N–H and O–H groups in total. The van der Waals surface area contributed by atoms with Crippen molar-refractivity contribution in [3.8, 4) is 5.75 Å². The molecule has 0 bridgehead atoms. The van der Waals surface area contributed by atoms with E-state index in [9.17, 15) is 27.6 Å². The summed E-state index contributed by atoms with van der Waals surface area (Å²) in [6.45, 7) is -0.677. The number of amides is 3. The van der Waals surface area contributed by atoms with Crippen LogP contribution >= 0.6 is 0 Å². The summed E-state index contributed by atoms with van der Waals surface area (Å²) in [6.07, 6.45) is 11.5. The van der Waals surface area contributed by atoms with Crippen LogP contribution in [-0.4, -0.2) is 86.1 Å². The Kier molecular flexibility index (Phi) is 10.6. The number of hydrogen-bond acceptors (Lipinski definition) is 7. The van der Waals surface area contributed by atoms with E-state index in [0.29, 0.717) is 29.5 Å².